The zero-order valence-corrected chi connectivity index (χ0v) is 14.9. The van der Waals surface area contributed by atoms with Crippen molar-refractivity contribution < 1.29 is 14.2 Å². The second-order valence-corrected chi connectivity index (χ2v) is 6.16. The van der Waals surface area contributed by atoms with Gasteiger partial charge in [0.15, 0.2) is 0 Å². The highest BCUT2D eigenvalue weighted by Gasteiger charge is 2.09. The molecular weight excluding hydrogens is 336 g/mol. The lowest BCUT2D eigenvalue weighted by Gasteiger charge is -2.14. The van der Waals surface area contributed by atoms with E-state index in [2.05, 4.69) is 12.2 Å². The predicted octanol–water partition coefficient (Wildman–Crippen LogP) is 6.88. The van der Waals surface area contributed by atoms with E-state index in [0.717, 1.165) is 30.1 Å². The van der Waals surface area contributed by atoms with Gasteiger partial charge >= 0.3 is 0 Å². The summed E-state index contributed by atoms with van der Waals surface area (Å²) in [5.41, 5.74) is 0. The van der Waals surface area contributed by atoms with E-state index in [1.807, 2.05) is 84.9 Å². The lowest BCUT2D eigenvalue weighted by Crippen LogP contribution is -1.96. The first-order chi connectivity index (χ1) is 13.3. The molecule has 4 rings (SSSR count). The maximum Gasteiger partial charge on any atom is 0.134 e. The van der Waals surface area contributed by atoms with Crippen molar-refractivity contribution in [1.82, 2.24) is 0 Å². The van der Waals surface area contributed by atoms with Crippen LogP contribution >= 0.6 is 0 Å². The average Bonchev–Trinajstić information content (AvgIpc) is 2.70. The van der Waals surface area contributed by atoms with Crippen molar-refractivity contribution in [2.75, 3.05) is 0 Å². The molecule has 0 radical (unpaired) electrons. The smallest absolute Gasteiger partial charge is 0.134 e. The quantitative estimate of drug-likeness (QED) is 0.481. The van der Waals surface area contributed by atoms with E-state index in [1.165, 1.54) is 0 Å². The van der Waals surface area contributed by atoms with Crippen molar-refractivity contribution >= 4 is 0 Å². The van der Waals surface area contributed by atoms with Gasteiger partial charge in [-0.2, -0.15) is 0 Å². The van der Waals surface area contributed by atoms with Gasteiger partial charge in [-0.15, -0.1) is 0 Å². The van der Waals surface area contributed by atoms with E-state index < -0.39 is 0 Å². The Balaban J connectivity index is 1.62. The van der Waals surface area contributed by atoms with Crippen LogP contribution in [0.5, 0.6) is 28.7 Å². The van der Waals surface area contributed by atoms with Gasteiger partial charge in [-0.25, -0.2) is 0 Å². The molecular formula is C24H20O3. The number of hydrogen-bond donors (Lipinski definition) is 0. The fourth-order valence-corrected chi connectivity index (χ4v) is 2.77. The molecule has 0 amide bonds. The Hall–Kier alpha value is -3.46. The molecule has 3 heteroatoms. The second-order valence-electron chi connectivity index (χ2n) is 6.16. The molecule has 0 unspecified atom stereocenters. The van der Waals surface area contributed by atoms with Gasteiger partial charge in [0.2, 0.25) is 0 Å². The van der Waals surface area contributed by atoms with Crippen molar-refractivity contribution in [2.24, 2.45) is 0 Å². The van der Waals surface area contributed by atoms with Gasteiger partial charge in [-0.05, 0) is 49.3 Å². The molecule has 0 aliphatic heterocycles. The topological polar surface area (TPSA) is 27.7 Å². The molecule has 0 N–H and O–H groups in total. The minimum atomic E-state index is 0.657. The molecule has 134 valence electrons. The van der Waals surface area contributed by atoms with Crippen molar-refractivity contribution in [1.29, 1.82) is 0 Å². The number of allylic oxidation sites excluding steroid dienone is 3. The highest BCUT2D eigenvalue weighted by Crippen LogP contribution is 2.34. The van der Waals surface area contributed by atoms with Crippen molar-refractivity contribution in [3.05, 3.63) is 103 Å². The molecule has 27 heavy (non-hydrogen) atoms. The maximum atomic E-state index is 6.03. The summed E-state index contributed by atoms with van der Waals surface area (Å²) in [5.74, 6) is 4.35. The van der Waals surface area contributed by atoms with Crippen LogP contribution in [-0.4, -0.2) is 0 Å². The van der Waals surface area contributed by atoms with Crippen LogP contribution in [0.15, 0.2) is 103 Å². The average molecular weight is 356 g/mol. The van der Waals surface area contributed by atoms with Crippen LogP contribution in [0.4, 0.5) is 0 Å². The summed E-state index contributed by atoms with van der Waals surface area (Å²) in [7, 11) is 0. The maximum absolute atomic E-state index is 6.03. The van der Waals surface area contributed by atoms with Crippen LogP contribution < -0.4 is 14.2 Å². The Kier molecular flexibility index (Phi) is 5.21. The Morgan fingerprint density at radius 2 is 1.04 bits per heavy atom. The van der Waals surface area contributed by atoms with Crippen molar-refractivity contribution in [2.45, 2.75) is 12.8 Å². The van der Waals surface area contributed by atoms with Crippen molar-refractivity contribution in [3.8, 4) is 28.7 Å². The van der Waals surface area contributed by atoms with E-state index >= 15 is 0 Å². The molecule has 3 aromatic carbocycles. The summed E-state index contributed by atoms with van der Waals surface area (Å²) >= 11 is 0. The second kappa shape index (κ2) is 8.28. The monoisotopic (exact) mass is 356 g/mol. The summed E-state index contributed by atoms with van der Waals surface area (Å²) < 4.78 is 18.0. The molecule has 0 heterocycles. The molecule has 1 aliphatic carbocycles. The molecule has 0 saturated carbocycles. The molecule has 0 aromatic heterocycles. The third-order valence-electron chi connectivity index (χ3n) is 4.01. The van der Waals surface area contributed by atoms with E-state index in [9.17, 15) is 0 Å². The highest BCUT2D eigenvalue weighted by atomic mass is 16.5. The zero-order valence-electron chi connectivity index (χ0n) is 14.9. The van der Waals surface area contributed by atoms with Crippen LogP contribution in [0, 0.1) is 0 Å². The first-order valence-corrected chi connectivity index (χ1v) is 9.01. The normalized spacial score (nSPS) is 13.0. The first-order valence-electron chi connectivity index (χ1n) is 9.01. The molecule has 1 aliphatic rings. The summed E-state index contributed by atoms with van der Waals surface area (Å²) in [6, 6.07) is 24.9. The summed E-state index contributed by atoms with van der Waals surface area (Å²) in [4.78, 5) is 0. The van der Waals surface area contributed by atoms with Gasteiger partial charge in [0.25, 0.3) is 0 Å². The zero-order chi connectivity index (χ0) is 18.3. The van der Waals surface area contributed by atoms with Crippen molar-refractivity contribution in [3.63, 3.8) is 0 Å². The molecule has 0 fully saturated rings. The minimum absolute atomic E-state index is 0.657. The van der Waals surface area contributed by atoms with E-state index in [1.54, 1.807) is 0 Å². The molecule has 3 nitrogen and oxygen atoms in total. The Morgan fingerprint density at radius 1 is 0.519 bits per heavy atom. The van der Waals surface area contributed by atoms with Crippen LogP contribution in [0.1, 0.15) is 12.8 Å². The molecule has 0 spiro atoms. The van der Waals surface area contributed by atoms with Gasteiger partial charge in [0.05, 0.1) is 0 Å². The summed E-state index contributed by atoms with van der Waals surface area (Å²) in [6.45, 7) is 0. The largest absolute Gasteiger partial charge is 0.457 e. The number of rotatable bonds is 6. The first kappa shape index (κ1) is 17.0. The number of benzene rings is 3. The standard InChI is InChI=1S/C24H20O3/c1-4-10-19(11-5-1)25-22-16-23(26-20-12-6-2-7-13-20)18-24(17-22)27-21-14-8-3-9-15-21/h1-2,4-8,10-18H,3,9H2. The summed E-state index contributed by atoms with van der Waals surface area (Å²) in [6.07, 6.45) is 8.22. The lowest BCUT2D eigenvalue weighted by molar-refractivity contribution is 0.419. The Labute approximate surface area is 159 Å². The number of para-hydroxylation sites is 2. The number of hydrogen-bond acceptors (Lipinski definition) is 3. The molecule has 0 atom stereocenters. The molecule has 3 aromatic rings. The van der Waals surface area contributed by atoms with Gasteiger partial charge in [0.1, 0.15) is 34.5 Å². The van der Waals surface area contributed by atoms with Crippen LogP contribution in [0.2, 0.25) is 0 Å². The van der Waals surface area contributed by atoms with Gasteiger partial charge in [-0.3, -0.25) is 0 Å². The van der Waals surface area contributed by atoms with Gasteiger partial charge < -0.3 is 14.2 Å². The van der Waals surface area contributed by atoms with Crippen LogP contribution in [0.3, 0.4) is 0 Å². The lowest BCUT2D eigenvalue weighted by atomic mass is 10.2. The fraction of sp³-hybridized carbons (Fsp3) is 0.0833. The SMILES string of the molecule is C1=CC(Oc2cc(Oc3ccccc3)cc(Oc3ccccc3)c2)=CCC1. The van der Waals surface area contributed by atoms with E-state index in [0.29, 0.717) is 17.2 Å². The third kappa shape index (κ3) is 4.79. The fourth-order valence-electron chi connectivity index (χ4n) is 2.77. The summed E-state index contributed by atoms with van der Waals surface area (Å²) in [5, 5.41) is 0. The minimum Gasteiger partial charge on any atom is -0.457 e. The third-order valence-corrected chi connectivity index (χ3v) is 4.01. The predicted molar refractivity (Wildman–Crippen MR) is 107 cm³/mol. The van der Waals surface area contributed by atoms with Crippen LogP contribution in [0.25, 0.3) is 0 Å². The van der Waals surface area contributed by atoms with E-state index in [4.69, 9.17) is 14.2 Å². The highest BCUT2D eigenvalue weighted by molar-refractivity contribution is 5.46. The Morgan fingerprint density at radius 3 is 1.52 bits per heavy atom. The van der Waals surface area contributed by atoms with Gasteiger partial charge in [0, 0.05) is 18.2 Å². The Bertz CT molecular complexity index is 884. The number of ether oxygens (including phenoxy) is 3. The van der Waals surface area contributed by atoms with E-state index in [-0.39, 0.29) is 0 Å². The van der Waals surface area contributed by atoms with Crippen LogP contribution in [-0.2, 0) is 0 Å². The van der Waals surface area contributed by atoms with Gasteiger partial charge in [-0.1, -0.05) is 42.5 Å². The molecule has 0 bridgehead atoms. The molecule has 0 saturated heterocycles.